The van der Waals surface area contributed by atoms with E-state index in [9.17, 15) is 0 Å². The summed E-state index contributed by atoms with van der Waals surface area (Å²) in [4.78, 5) is 0. The molecule has 124 valence electrons. The summed E-state index contributed by atoms with van der Waals surface area (Å²) in [5.74, 6) is 0. The number of hydrogen-bond acceptors (Lipinski definition) is 0. The van der Waals surface area contributed by atoms with Crippen LogP contribution in [0, 0.1) is 0 Å². The summed E-state index contributed by atoms with van der Waals surface area (Å²) >= 11 is 0. The molecule has 0 unspecified atom stereocenters. The van der Waals surface area contributed by atoms with Gasteiger partial charge in [0.05, 0.1) is 0 Å². The lowest BCUT2D eigenvalue weighted by atomic mass is 10.0. The fourth-order valence-electron chi connectivity index (χ4n) is 2.76. The smallest absolute Gasteiger partial charge is 0.0178 e. The van der Waals surface area contributed by atoms with Gasteiger partial charge in [-0.2, -0.15) is 0 Å². The van der Waals surface area contributed by atoms with E-state index in [2.05, 4.69) is 80.2 Å². The Bertz CT molecular complexity index is 675. The van der Waals surface area contributed by atoms with Crippen molar-refractivity contribution in [2.45, 2.75) is 39.0 Å². The Morgan fingerprint density at radius 1 is 0.750 bits per heavy atom. The molecule has 0 saturated heterocycles. The van der Waals surface area contributed by atoms with Crippen LogP contribution in [0.2, 0.25) is 0 Å². The summed E-state index contributed by atoms with van der Waals surface area (Å²) in [7, 11) is 0. The van der Waals surface area contributed by atoms with E-state index in [0.717, 1.165) is 0 Å². The number of hydrogen-bond donors (Lipinski definition) is 0. The second kappa shape index (κ2) is 10.4. The van der Waals surface area contributed by atoms with E-state index in [4.69, 9.17) is 0 Å². The standard InChI is InChI=1S/C14H10.C10H18/c1-2-6-12-10-14-8-4-3-7-13(14)9-11(12)5-1;1-3-5-7-9-10-8-6-4-2/h1-10H;3,5,7H,1,4,6,8-10H2,2H3. The minimum absolute atomic E-state index is 1.21. The maximum Gasteiger partial charge on any atom is -0.0178 e. The fraction of sp³-hybridized carbons (Fsp3) is 0.250. The lowest BCUT2D eigenvalue weighted by Crippen LogP contribution is -1.74. The van der Waals surface area contributed by atoms with Gasteiger partial charge in [0.2, 0.25) is 0 Å². The number of rotatable bonds is 6. The van der Waals surface area contributed by atoms with E-state index in [-0.39, 0.29) is 0 Å². The van der Waals surface area contributed by atoms with Crippen molar-refractivity contribution in [3.8, 4) is 0 Å². The molecule has 3 aromatic rings. The summed E-state index contributed by atoms with van der Waals surface area (Å²) in [6.07, 6.45) is 12.7. The van der Waals surface area contributed by atoms with Crippen molar-refractivity contribution >= 4 is 21.5 Å². The molecule has 0 heteroatoms. The molecule has 0 amide bonds. The molecule has 0 radical (unpaired) electrons. The SMILES string of the molecule is C=CC=CCCCCCC.c1ccc2cc3ccccc3cc2c1. The summed E-state index contributed by atoms with van der Waals surface area (Å²) in [5, 5.41) is 5.25. The van der Waals surface area contributed by atoms with E-state index in [1.165, 1.54) is 53.6 Å². The summed E-state index contributed by atoms with van der Waals surface area (Å²) in [6.45, 7) is 5.84. The zero-order valence-corrected chi connectivity index (χ0v) is 14.7. The molecular formula is C24H28. The highest BCUT2D eigenvalue weighted by atomic mass is 14.0. The van der Waals surface area contributed by atoms with Crippen LogP contribution in [0.4, 0.5) is 0 Å². The van der Waals surface area contributed by atoms with Crippen LogP contribution >= 0.6 is 0 Å². The van der Waals surface area contributed by atoms with Gasteiger partial charge in [-0.15, -0.1) is 0 Å². The van der Waals surface area contributed by atoms with Gasteiger partial charge in [-0.3, -0.25) is 0 Å². The maximum absolute atomic E-state index is 3.61. The largest absolute Gasteiger partial charge is 0.0991 e. The quantitative estimate of drug-likeness (QED) is 0.248. The van der Waals surface area contributed by atoms with E-state index >= 15 is 0 Å². The summed E-state index contributed by atoms with van der Waals surface area (Å²) in [5.41, 5.74) is 0. The van der Waals surface area contributed by atoms with Gasteiger partial charge in [0, 0.05) is 0 Å². The van der Waals surface area contributed by atoms with Crippen molar-refractivity contribution in [1.29, 1.82) is 0 Å². The first kappa shape index (κ1) is 18.0. The lowest BCUT2D eigenvalue weighted by Gasteiger charge is -2.00. The molecular weight excluding hydrogens is 288 g/mol. The average Bonchev–Trinajstić information content (AvgIpc) is 2.63. The predicted octanol–water partition coefficient (Wildman–Crippen LogP) is 7.69. The van der Waals surface area contributed by atoms with E-state index < -0.39 is 0 Å². The average molecular weight is 316 g/mol. The number of unbranched alkanes of at least 4 members (excludes halogenated alkanes) is 4. The van der Waals surface area contributed by atoms with Crippen molar-refractivity contribution < 1.29 is 0 Å². The first-order chi connectivity index (χ1) is 11.8. The number of benzene rings is 3. The Kier molecular flexibility index (Phi) is 7.83. The minimum Gasteiger partial charge on any atom is -0.0991 e. The van der Waals surface area contributed by atoms with Gasteiger partial charge in [-0.05, 0) is 46.5 Å². The minimum atomic E-state index is 1.21. The van der Waals surface area contributed by atoms with Gasteiger partial charge >= 0.3 is 0 Å². The predicted molar refractivity (Wildman–Crippen MR) is 110 cm³/mol. The summed E-state index contributed by atoms with van der Waals surface area (Å²) in [6, 6.07) is 21.4. The Morgan fingerprint density at radius 3 is 1.67 bits per heavy atom. The highest BCUT2D eigenvalue weighted by molar-refractivity contribution is 5.98. The molecule has 0 N–H and O–H groups in total. The van der Waals surface area contributed by atoms with Gasteiger partial charge in [-0.25, -0.2) is 0 Å². The Labute approximate surface area is 146 Å². The molecule has 3 aromatic carbocycles. The molecule has 0 bridgehead atoms. The van der Waals surface area contributed by atoms with Gasteiger partial charge in [0.25, 0.3) is 0 Å². The summed E-state index contributed by atoms with van der Waals surface area (Å²) < 4.78 is 0. The van der Waals surface area contributed by atoms with Gasteiger partial charge in [0.15, 0.2) is 0 Å². The zero-order chi connectivity index (χ0) is 17.0. The number of fused-ring (bicyclic) bond motifs is 2. The third-order valence-electron chi connectivity index (χ3n) is 4.11. The Hall–Kier alpha value is -2.34. The molecule has 0 atom stereocenters. The van der Waals surface area contributed by atoms with E-state index in [1.54, 1.807) is 0 Å². The van der Waals surface area contributed by atoms with E-state index in [0.29, 0.717) is 0 Å². The highest BCUT2D eigenvalue weighted by Gasteiger charge is 1.95. The van der Waals surface area contributed by atoms with Crippen LogP contribution in [0.25, 0.3) is 21.5 Å². The van der Waals surface area contributed by atoms with Crippen molar-refractivity contribution in [3.63, 3.8) is 0 Å². The van der Waals surface area contributed by atoms with Crippen molar-refractivity contribution in [2.75, 3.05) is 0 Å². The van der Waals surface area contributed by atoms with Crippen LogP contribution in [0.1, 0.15) is 39.0 Å². The van der Waals surface area contributed by atoms with Gasteiger partial charge < -0.3 is 0 Å². The third kappa shape index (κ3) is 5.70. The molecule has 24 heavy (non-hydrogen) atoms. The molecule has 3 rings (SSSR count). The molecule has 0 aliphatic heterocycles. The third-order valence-corrected chi connectivity index (χ3v) is 4.11. The van der Waals surface area contributed by atoms with Crippen LogP contribution < -0.4 is 0 Å². The van der Waals surface area contributed by atoms with Gasteiger partial charge in [-0.1, -0.05) is 99.5 Å². The lowest BCUT2D eigenvalue weighted by molar-refractivity contribution is 0.674. The van der Waals surface area contributed by atoms with Crippen molar-refractivity contribution in [1.82, 2.24) is 0 Å². The Balaban J connectivity index is 0.000000187. The van der Waals surface area contributed by atoms with E-state index in [1.807, 2.05) is 12.2 Å². The number of allylic oxidation sites excluding steroid dienone is 3. The molecule has 0 saturated carbocycles. The second-order valence-electron chi connectivity index (χ2n) is 6.06. The molecule has 0 aromatic heterocycles. The van der Waals surface area contributed by atoms with Crippen molar-refractivity contribution in [2.24, 2.45) is 0 Å². The fourth-order valence-corrected chi connectivity index (χ4v) is 2.76. The first-order valence-electron chi connectivity index (χ1n) is 9.00. The molecule has 0 spiro atoms. The molecule has 0 aliphatic rings. The van der Waals surface area contributed by atoms with Crippen LogP contribution in [0.15, 0.2) is 85.5 Å². The highest BCUT2D eigenvalue weighted by Crippen LogP contribution is 2.22. The molecule has 0 fully saturated rings. The van der Waals surface area contributed by atoms with Crippen LogP contribution in [-0.2, 0) is 0 Å². The topological polar surface area (TPSA) is 0 Å². The van der Waals surface area contributed by atoms with Gasteiger partial charge in [0.1, 0.15) is 0 Å². The molecule has 0 aliphatic carbocycles. The Morgan fingerprint density at radius 2 is 1.25 bits per heavy atom. The maximum atomic E-state index is 3.61. The normalized spacial score (nSPS) is 10.7. The van der Waals surface area contributed by atoms with Crippen molar-refractivity contribution in [3.05, 3.63) is 85.5 Å². The first-order valence-corrected chi connectivity index (χ1v) is 9.00. The van der Waals surface area contributed by atoms with Crippen LogP contribution in [-0.4, -0.2) is 0 Å². The van der Waals surface area contributed by atoms with Crippen LogP contribution in [0.5, 0.6) is 0 Å². The monoisotopic (exact) mass is 316 g/mol. The zero-order valence-electron chi connectivity index (χ0n) is 14.7. The second-order valence-corrected chi connectivity index (χ2v) is 6.06. The van der Waals surface area contributed by atoms with Crippen LogP contribution in [0.3, 0.4) is 0 Å². The molecule has 0 heterocycles. The molecule has 0 nitrogen and oxygen atoms in total.